The van der Waals surface area contributed by atoms with Gasteiger partial charge in [-0.05, 0) is 61.6 Å². The minimum atomic E-state index is -0.772. The number of carbonyl (C=O) groups is 1. The Labute approximate surface area is 173 Å². The van der Waals surface area contributed by atoms with E-state index < -0.39 is 11.9 Å². The summed E-state index contributed by atoms with van der Waals surface area (Å²) in [5, 5.41) is 15.9. The Morgan fingerprint density at radius 2 is 1.90 bits per heavy atom. The van der Waals surface area contributed by atoms with Gasteiger partial charge in [0.25, 0.3) is 0 Å². The number of aliphatic carboxylic acids is 1. The topological polar surface area (TPSA) is 62.1 Å². The molecule has 0 spiro atoms. The molecule has 2 atom stereocenters. The van der Waals surface area contributed by atoms with Crippen LogP contribution in [0, 0.1) is 12.8 Å². The zero-order valence-electron chi connectivity index (χ0n) is 17.7. The summed E-state index contributed by atoms with van der Waals surface area (Å²) in [6.45, 7) is 8.48. The second-order valence-corrected chi connectivity index (χ2v) is 7.91. The Kier molecular flexibility index (Phi) is 6.57. The fraction of sp³-hybridized carbons (Fsp3) is 0.417. The normalized spacial score (nSPS) is 17.2. The molecular weight excluding hydrogens is 364 g/mol. The monoisotopic (exact) mass is 394 g/mol. The van der Waals surface area contributed by atoms with E-state index in [1.54, 1.807) is 6.92 Å². The molecule has 0 aromatic heterocycles. The second kappa shape index (κ2) is 9.12. The van der Waals surface area contributed by atoms with Gasteiger partial charge in [-0.3, -0.25) is 9.80 Å². The minimum Gasteiger partial charge on any atom is -0.491 e. The van der Waals surface area contributed by atoms with E-state index in [0.717, 1.165) is 41.1 Å². The lowest BCUT2D eigenvalue weighted by atomic mass is 9.99. The van der Waals surface area contributed by atoms with E-state index in [1.165, 1.54) is 5.56 Å². The molecule has 1 heterocycles. The van der Waals surface area contributed by atoms with E-state index in [9.17, 15) is 4.79 Å². The maximum Gasteiger partial charge on any atom is 0.306 e. The lowest BCUT2D eigenvalue weighted by molar-refractivity contribution is -0.141. The van der Waals surface area contributed by atoms with Crippen LogP contribution in [0.15, 0.2) is 47.6 Å². The van der Waals surface area contributed by atoms with Crippen LogP contribution in [0.3, 0.4) is 0 Å². The van der Waals surface area contributed by atoms with E-state index in [0.29, 0.717) is 13.0 Å². The predicted octanol–water partition coefficient (Wildman–Crippen LogP) is 4.85. The molecule has 0 radical (unpaired) electrons. The van der Waals surface area contributed by atoms with E-state index in [4.69, 9.17) is 14.9 Å². The molecule has 2 aromatic rings. The summed E-state index contributed by atoms with van der Waals surface area (Å²) in [5.74, 6) is -0.332. The molecule has 1 aliphatic heterocycles. The number of aryl methyl sites for hydroxylation is 2. The SMILES string of the molecule is CCc1ccc(N2N=C(C)CC2COc2ccc(CC(C)C(=O)O)cc2C)cc1. The van der Waals surface area contributed by atoms with Crippen LogP contribution in [0.1, 0.15) is 43.9 Å². The van der Waals surface area contributed by atoms with Crippen molar-refractivity contribution in [1.82, 2.24) is 0 Å². The first-order valence-electron chi connectivity index (χ1n) is 10.2. The zero-order chi connectivity index (χ0) is 21.0. The first-order chi connectivity index (χ1) is 13.9. The molecule has 5 nitrogen and oxygen atoms in total. The van der Waals surface area contributed by atoms with Crippen molar-refractivity contribution in [2.45, 2.75) is 53.0 Å². The third-order valence-corrected chi connectivity index (χ3v) is 5.40. The van der Waals surface area contributed by atoms with Crippen molar-refractivity contribution in [3.63, 3.8) is 0 Å². The lowest BCUT2D eigenvalue weighted by Gasteiger charge is -2.24. The van der Waals surface area contributed by atoms with Gasteiger partial charge in [-0.1, -0.05) is 38.1 Å². The molecule has 2 unspecified atom stereocenters. The van der Waals surface area contributed by atoms with Gasteiger partial charge in [0.1, 0.15) is 12.4 Å². The summed E-state index contributed by atoms with van der Waals surface area (Å²) < 4.78 is 6.14. The van der Waals surface area contributed by atoms with Crippen molar-refractivity contribution in [3.05, 3.63) is 59.2 Å². The highest BCUT2D eigenvalue weighted by molar-refractivity contribution is 5.86. The molecule has 2 aromatic carbocycles. The summed E-state index contributed by atoms with van der Waals surface area (Å²) >= 11 is 0. The number of benzene rings is 2. The van der Waals surface area contributed by atoms with Crippen molar-refractivity contribution in [2.75, 3.05) is 11.6 Å². The molecule has 29 heavy (non-hydrogen) atoms. The number of carboxylic acid groups (broad SMARTS) is 1. The second-order valence-electron chi connectivity index (χ2n) is 7.91. The molecule has 0 bridgehead atoms. The highest BCUT2D eigenvalue weighted by Gasteiger charge is 2.26. The Morgan fingerprint density at radius 1 is 1.21 bits per heavy atom. The number of nitrogens with zero attached hydrogens (tertiary/aromatic N) is 2. The number of rotatable bonds is 8. The molecule has 0 saturated heterocycles. The number of carboxylic acids is 1. The van der Waals surface area contributed by atoms with Gasteiger partial charge in [-0.2, -0.15) is 5.10 Å². The van der Waals surface area contributed by atoms with Gasteiger partial charge in [-0.15, -0.1) is 0 Å². The van der Waals surface area contributed by atoms with Crippen molar-refractivity contribution in [3.8, 4) is 5.75 Å². The highest BCUT2D eigenvalue weighted by Crippen LogP contribution is 2.27. The van der Waals surface area contributed by atoms with Crippen LogP contribution in [0.2, 0.25) is 0 Å². The summed E-state index contributed by atoms with van der Waals surface area (Å²) in [6, 6.07) is 14.6. The third-order valence-electron chi connectivity index (χ3n) is 5.40. The molecule has 154 valence electrons. The van der Waals surface area contributed by atoms with E-state index in [2.05, 4.69) is 43.1 Å². The Hall–Kier alpha value is -2.82. The Bertz CT molecular complexity index is 889. The van der Waals surface area contributed by atoms with Crippen molar-refractivity contribution < 1.29 is 14.6 Å². The van der Waals surface area contributed by atoms with Gasteiger partial charge in [0.15, 0.2) is 0 Å². The Balaban J connectivity index is 1.65. The standard InChI is InChI=1S/C24H30N2O3/c1-5-19-6-9-21(10-7-19)26-22(14-18(4)25-26)15-29-23-11-8-20(12-16(23)2)13-17(3)24(27)28/h6-12,17,22H,5,13-15H2,1-4H3,(H,27,28). The van der Waals surface area contributed by atoms with E-state index in [1.807, 2.05) is 25.1 Å². The number of hydrogen-bond acceptors (Lipinski definition) is 4. The van der Waals surface area contributed by atoms with Crippen molar-refractivity contribution in [2.24, 2.45) is 11.0 Å². The smallest absolute Gasteiger partial charge is 0.306 e. The number of ether oxygens (including phenoxy) is 1. The minimum absolute atomic E-state index is 0.161. The van der Waals surface area contributed by atoms with Gasteiger partial charge in [0.2, 0.25) is 0 Å². The summed E-state index contributed by atoms with van der Waals surface area (Å²) in [5.41, 5.74) is 5.54. The summed E-state index contributed by atoms with van der Waals surface area (Å²) in [7, 11) is 0. The first kappa shape index (κ1) is 20.9. The van der Waals surface area contributed by atoms with Crippen molar-refractivity contribution >= 4 is 17.4 Å². The van der Waals surface area contributed by atoms with E-state index >= 15 is 0 Å². The van der Waals surface area contributed by atoms with Gasteiger partial charge >= 0.3 is 5.97 Å². The van der Waals surface area contributed by atoms with Crippen LogP contribution < -0.4 is 9.75 Å². The van der Waals surface area contributed by atoms with Crippen molar-refractivity contribution in [1.29, 1.82) is 0 Å². The van der Waals surface area contributed by atoms with Gasteiger partial charge in [0, 0.05) is 12.1 Å². The fourth-order valence-corrected chi connectivity index (χ4v) is 3.64. The quantitative estimate of drug-likeness (QED) is 0.695. The molecular formula is C24H30N2O3. The van der Waals surface area contributed by atoms with Crippen LogP contribution >= 0.6 is 0 Å². The molecule has 1 N–H and O–H groups in total. The largest absolute Gasteiger partial charge is 0.491 e. The van der Waals surface area contributed by atoms with Crippen LogP contribution in [0.25, 0.3) is 0 Å². The lowest BCUT2D eigenvalue weighted by Crippen LogP contribution is -2.32. The average Bonchev–Trinajstić information content (AvgIpc) is 3.08. The van der Waals surface area contributed by atoms with Crippen LogP contribution in [-0.4, -0.2) is 29.4 Å². The van der Waals surface area contributed by atoms with Crippen LogP contribution in [0.4, 0.5) is 5.69 Å². The number of hydrazone groups is 1. The summed E-state index contributed by atoms with van der Waals surface area (Å²) in [6.07, 6.45) is 2.42. The molecule has 3 rings (SSSR count). The maximum absolute atomic E-state index is 11.1. The van der Waals surface area contributed by atoms with Gasteiger partial charge in [-0.25, -0.2) is 0 Å². The fourth-order valence-electron chi connectivity index (χ4n) is 3.64. The number of anilines is 1. The first-order valence-corrected chi connectivity index (χ1v) is 10.2. The van der Waals surface area contributed by atoms with Crippen LogP contribution in [0.5, 0.6) is 5.75 Å². The molecule has 0 amide bonds. The number of hydrogen-bond donors (Lipinski definition) is 1. The van der Waals surface area contributed by atoms with E-state index in [-0.39, 0.29) is 6.04 Å². The molecule has 0 fully saturated rings. The third kappa shape index (κ3) is 5.17. The van der Waals surface area contributed by atoms with Gasteiger partial charge < -0.3 is 9.84 Å². The average molecular weight is 395 g/mol. The Morgan fingerprint density at radius 3 is 2.52 bits per heavy atom. The maximum atomic E-state index is 11.1. The molecule has 1 aliphatic rings. The summed E-state index contributed by atoms with van der Waals surface area (Å²) in [4.78, 5) is 11.1. The van der Waals surface area contributed by atoms with Gasteiger partial charge in [0.05, 0.1) is 17.6 Å². The van der Waals surface area contributed by atoms with Crippen LogP contribution in [-0.2, 0) is 17.6 Å². The highest BCUT2D eigenvalue weighted by atomic mass is 16.5. The zero-order valence-corrected chi connectivity index (χ0v) is 17.7. The molecule has 0 aliphatic carbocycles. The predicted molar refractivity (Wildman–Crippen MR) is 117 cm³/mol. The molecule has 5 heteroatoms. The molecule has 0 saturated carbocycles.